The minimum Gasteiger partial charge on any atom is -0.372 e. The van der Waals surface area contributed by atoms with Gasteiger partial charge in [0.25, 0.3) is 0 Å². The summed E-state index contributed by atoms with van der Waals surface area (Å²) in [6.45, 7) is 3.84. The molecule has 1 aromatic heterocycles. The van der Waals surface area contributed by atoms with E-state index in [0.29, 0.717) is 12.3 Å². The van der Waals surface area contributed by atoms with E-state index in [9.17, 15) is 4.79 Å². The Kier molecular flexibility index (Phi) is 4.93. The molecular weight excluding hydrogens is 284 g/mol. The van der Waals surface area contributed by atoms with E-state index in [1.807, 2.05) is 0 Å². The van der Waals surface area contributed by atoms with Crippen LogP contribution in [0.3, 0.4) is 0 Å². The lowest BCUT2D eigenvalue weighted by Crippen LogP contribution is -2.37. The van der Waals surface area contributed by atoms with Crippen LogP contribution in [0.4, 0.5) is 0 Å². The third-order valence-electron chi connectivity index (χ3n) is 4.56. The maximum Gasteiger partial charge on any atom is 0.223 e. The highest BCUT2D eigenvalue weighted by molar-refractivity contribution is 7.10. The number of carbonyl (C=O) groups excluding carboxylic acids is 1. The van der Waals surface area contributed by atoms with Crippen LogP contribution in [0.15, 0.2) is 11.4 Å². The molecule has 2 aliphatic rings. The van der Waals surface area contributed by atoms with Gasteiger partial charge in [-0.3, -0.25) is 4.79 Å². The van der Waals surface area contributed by atoms with Gasteiger partial charge in [0.1, 0.15) is 6.10 Å². The Labute approximate surface area is 130 Å². The number of hydrogen-bond acceptors (Lipinski definition) is 4. The first-order valence-corrected chi connectivity index (χ1v) is 8.73. The molecule has 0 aromatic carbocycles. The fourth-order valence-electron chi connectivity index (χ4n) is 3.14. The number of likely N-dealkylation sites (tertiary alicyclic amines) is 1. The topological polar surface area (TPSA) is 41.6 Å². The number of nitrogens with one attached hydrogen (secondary N) is 1. The molecule has 1 fully saturated rings. The van der Waals surface area contributed by atoms with Crippen molar-refractivity contribution in [2.75, 3.05) is 33.3 Å². The highest BCUT2D eigenvalue weighted by Crippen LogP contribution is 2.33. The molecule has 0 radical (unpaired) electrons. The Hall–Kier alpha value is -0.910. The molecule has 1 aromatic rings. The van der Waals surface area contributed by atoms with Gasteiger partial charge in [-0.25, -0.2) is 0 Å². The molecule has 2 aliphatic heterocycles. The van der Waals surface area contributed by atoms with Crippen molar-refractivity contribution >= 4 is 17.2 Å². The molecule has 0 bridgehead atoms. The van der Waals surface area contributed by atoms with Gasteiger partial charge in [0, 0.05) is 11.4 Å². The summed E-state index contributed by atoms with van der Waals surface area (Å²) >= 11 is 1.71. The molecule has 1 saturated heterocycles. The first-order chi connectivity index (χ1) is 10.2. The number of rotatable bonds is 4. The van der Waals surface area contributed by atoms with Gasteiger partial charge in [0.05, 0.1) is 13.0 Å². The molecule has 3 heterocycles. The van der Waals surface area contributed by atoms with Crippen molar-refractivity contribution in [3.63, 3.8) is 0 Å². The van der Waals surface area contributed by atoms with Crippen LogP contribution < -0.4 is 5.32 Å². The van der Waals surface area contributed by atoms with Crippen LogP contribution in [-0.4, -0.2) is 44.1 Å². The normalized spacial score (nSPS) is 23.8. The summed E-state index contributed by atoms with van der Waals surface area (Å²) in [7, 11) is 2.16. The van der Waals surface area contributed by atoms with Crippen LogP contribution >= 0.6 is 11.3 Å². The second kappa shape index (κ2) is 6.90. The number of hydrogen-bond donors (Lipinski definition) is 1. The summed E-state index contributed by atoms with van der Waals surface area (Å²) < 4.78 is 5.78. The van der Waals surface area contributed by atoms with Gasteiger partial charge in [-0.2, -0.15) is 0 Å². The number of nitrogens with zero attached hydrogens (tertiary/aromatic N) is 1. The van der Waals surface area contributed by atoms with Crippen molar-refractivity contribution in [1.29, 1.82) is 0 Å². The molecule has 1 atom stereocenters. The second-order valence-corrected chi connectivity index (χ2v) is 7.12. The van der Waals surface area contributed by atoms with E-state index >= 15 is 0 Å². The first-order valence-electron chi connectivity index (χ1n) is 7.85. The summed E-state index contributed by atoms with van der Waals surface area (Å²) in [6, 6.07) is 2.16. The third kappa shape index (κ3) is 3.84. The largest absolute Gasteiger partial charge is 0.372 e. The summed E-state index contributed by atoms with van der Waals surface area (Å²) in [5.74, 6) is 0.759. The number of amides is 1. The van der Waals surface area contributed by atoms with E-state index in [1.54, 1.807) is 11.3 Å². The van der Waals surface area contributed by atoms with Crippen LogP contribution in [0.25, 0.3) is 0 Å². The standard InChI is InChI=1S/C16H24N2O2S/c1-18-6-2-12(3-7-18)11-17-15(19)10-14-16-13(4-8-20-14)5-9-21-16/h5,9,12,14H,2-4,6-8,10-11H2,1H3,(H,17,19). The van der Waals surface area contributed by atoms with Crippen LogP contribution in [-0.2, 0) is 16.0 Å². The van der Waals surface area contributed by atoms with E-state index in [2.05, 4.69) is 28.7 Å². The van der Waals surface area contributed by atoms with E-state index in [1.165, 1.54) is 23.3 Å². The highest BCUT2D eigenvalue weighted by Gasteiger charge is 2.25. The molecule has 1 N–H and O–H groups in total. The molecule has 4 nitrogen and oxygen atoms in total. The number of ether oxygens (including phenoxy) is 1. The van der Waals surface area contributed by atoms with Crippen LogP contribution in [0.2, 0.25) is 0 Å². The quantitative estimate of drug-likeness (QED) is 0.927. The SMILES string of the molecule is CN1CCC(CNC(=O)CC2OCCc3ccsc32)CC1. The summed E-state index contributed by atoms with van der Waals surface area (Å²) in [5, 5.41) is 5.20. The Morgan fingerprint density at radius 3 is 3.10 bits per heavy atom. The lowest BCUT2D eigenvalue weighted by Gasteiger charge is -2.29. The molecule has 1 unspecified atom stereocenters. The molecular formula is C16H24N2O2S. The van der Waals surface area contributed by atoms with Gasteiger partial charge >= 0.3 is 0 Å². The highest BCUT2D eigenvalue weighted by atomic mass is 32.1. The van der Waals surface area contributed by atoms with E-state index in [0.717, 1.165) is 32.7 Å². The lowest BCUT2D eigenvalue weighted by atomic mass is 9.97. The van der Waals surface area contributed by atoms with Gasteiger partial charge in [-0.15, -0.1) is 11.3 Å². The first kappa shape index (κ1) is 15.0. The van der Waals surface area contributed by atoms with E-state index in [4.69, 9.17) is 4.74 Å². The molecule has 5 heteroatoms. The number of fused-ring (bicyclic) bond motifs is 1. The average molecular weight is 308 g/mol. The van der Waals surface area contributed by atoms with Gasteiger partial charge in [-0.1, -0.05) is 0 Å². The minimum absolute atomic E-state index is 0.0359. The zero-order valence-corrected chi connectivity index (χ0v) is 13.5. The van der Waals surface area contributed by atoms with Crippen molar-refractivity contribution in [2.24, 2.45) is 5.92 Å². The Balaban J connectivity index is 1.45. The van der Waals surface area contributed by atoms with E-state index < -0.39 is 0 Å². The zero-order chi connectivity index (χ0) is 14.7. The predicted molar refractivity (Wildman–Crippen MR) is 84.6 cm³/mol. The van der Waals surface area contributed by atoms with Gasteiger partial charge < -0.3 is 15.0 Å². The lowest BCUT2D eigenvalue weighted by molar-refractivity contribution is -0.124. The minimum atomic E-state index is -0.0359. The number of piperidine rings is 1. The summed E-state index contributed by atoms with van der Waals surface area (Å²) in [6.07, 6.45) is 3.77. The molecule has 116 valence electrons. The third-order valence-corrected chi connectivity index (χ3v) is 5.61. The molecule has 21 heavy (non-hydrogen) atoms. The van der Waals surface area contributed by atoms with Gasteiger partial charge in [0.15, 0.2) is 0 Å². The Morgan fingerprint density at radius 2 is 2.29 bits per heavy atom. The van der Waals surface area contributed by atoms with E-state index in [-0.39, 0.29) is 12.0 Å². The average Bonchev–Trinajstić information content (AvgIpc) is 2.96. The van der Waals surface area contributed by atoms with Crippen molar-refractivity contribution in [3.8, 4) is 0 Å². The molecule has 0 aliphatic carbocycles. The fraction of sp³-hybridized carbons (Fsp3) is 0.688. The van der Waals surface area contributed by atoms with Crippen LogP contribution in [0, 0.1) is 5.92 Å². The monoisotopic (exact) mass is 308 g/mol. The molecule has 0 saturated carbocycles. The molecule has 3 rings (SSSR count). The summed E-state index contributed by atoms with van der Waals surface area (Å²) in [5.41, 5.74) is 1.36. The maximum absolute atomic E-state index is 12.2. The van der Waals surface area contributed by atoms with Crippen molar-refractivity contribution < 1.29 is 9.53 Å². The predicted octanol–water partition coefficient (Wildman–Crippen LogP) is 2.21. The Morgan fingerprint density at radius 1 is 1.48 bits per heavy atom. The maximum atomic E-state index is 12.2. The van der Waals surface area contributed by atoms with Crippen molar-refractivity contribution in [2.45, 2.75) is 31.8 Å². The van der Waals surface area contributed by atoms with Crippen molar-refractivity contribution in [3.05, 3.63) is 21.9 Å². The number of carbonyl (C=O) groups is 1. The number of thiophene rings is 1. The van der Waals surface area contributed by atoms with Gasteiger partial charge in [0.2, 0.25) is 5.91 Å². The second-order valence-electron chi connectivity index (χ2n) is 6.17. The van der Waals surface area contributed by atoms with Crippen molar-refractivity contribution in [1.82, 2.24) is 10.2 Å². The van der Waals surface area contributed by atoms with Gasteiger partial charge in [-0.05, 0) is 62.3 Å². The zero-order valence-electron chi connectivity index (χ0n) is 12.6. The smallest absolute Gasteiger partial charge is 0.223 e. The fourth-order valence-corrected chi connectivity index (χ4v) is 4.14. The molecule has 0 spiro atoms. The van der Waals surface area contributed by atoms with Crippen LogP contribution in [0.5, 0.6) is 0 Å². The summed E-state index contributed by atoms with van der Waals surface area (Å²) in [4.78, 5) is 15.8. The Bertz CT molecular complexity index is 480. The molecule has 1 amide bonds. The van der Waals surface area contributed by atoms with Crippen LogP contribution in [0.1, 0.15) is 35.8 Å².